The minimum Gasteiger partial charge on any atom is -0.253 e. The predicted molar refractivity (Wildman–Crippen MR) is 92.1 cm³/mol. The summed E-state index contributed by atoms with van der Waals surface area (Å²) in [7, 11) is 0. The molecule has 1 aliphatic rings. The second-order valence-electron chi connectivity index (χ2n) is 6.92. The number of hydrogen-bond donors (Lipinski definition) is 1. The lowest BCUT2D eigenvalue weighted by Crippen LogP contribution is -2.26. The van der Waals surface area contributed by atoms with Crippen LogP contribution in [0.15, 0.2) is 29.4 Å². The number of rotatable bonds is 2. The number of para-hydroxylation sites is 1. The Bertz CT molecular complexity index is 608. The third-order valence-corrected chi connectivity index (χ3v) is 5.33. The molecular weight excluding hydrogens is 278 g/mol. The van der Waals surface area contributed by atoms with Crippen molar-refractivity contribution in [2.24, 2.45) is 16.4 Å². The predicted octanol–water partition coefficient (Wildman–Crippen LogP) is 5.30. The quantitative estimate of drug-likeness (QED) is 0.764. The van der Waals surface area contributed by atoms with E-state index < -0.39 is 0 Å². The summed E-state index contributed by atoms with van der Waals surface area (Å²) in [6.45, 7) is 7.04. The van der Waals surface area contributed by atoms with Crippen molar-refractivity contribution in [3.05, 3.63) is 24.3 Å². The first-order valence-electron chi connectivity index (χ1n) is 7.69. The highest BCUT2D eigenvalue weighted by atomic mass is 32.1. The minimum atomic E-state index is 0.423. The number of thiazole rings is 1. The van der Waals surface area contributed by atoms with Gasteiger partial charge in [0.1, 0.15) is 0 Å². The van der Waals surface area contributed by atoms with Crippen molar-refractivity contribution >= 4 is 32.4 Å². The Morgan fingerprint density at radius 3 is 2.57 bits per heavy atom. The fourth-order valence-electron chi connectivity index (χ4n) is 2.98. The van der Waals surface area contributed by atoms with Crippen LogP contribution in [0.5, 0.6) is 0 Å². The Kier molecular flexibility index (Phi) is 3.98. The molecule has 0 spiro atoms. The van der Waals surface area contributed by atoms with Crippen LogP contribution in [-0.2, 0) is 0 Å². The molecule has 1 heterocycles. The largest absolute Gasteiger partial charge is 0.253 e. The maximum Gasteiger partial charge on any atom is 0.204 e. The summed E-state index contributed by atoms with van der Waals surface area (Å²) in [6, 6.07) is 8.20. The van der Waals surface area contributed by atoms with Crippen molar-refractivity contribution in [2.75, 3.05) is 5.43 Å². The molecule has 1 saturated carbocycles. The standard InChI is InChI=1S/C17H23N3S/c1-17(2,3)12-8-10-13(11-9-12)19-20-16-18-14-6-4-5-7-15(14)21-16/h4-7,12H,8-11H2,1-3H3,(H,18,20). The molecule has 112 valence electrons. The van der Waals surface area contributed by atoms with E-state index in [1.165, 1.54) is 23.3 Å². The molecule has 2 aromatic rings. The summed E-state index contributed by atoms with van der Waals surface area (Å²) in [5.41, 5.74) is 5.91. The zero-order valence-electron chi connectivity index (χ0n) is 13.0. The minimum absolute atomic E-state index is 0.423. The van der Waals surface area contributed by atoms with Gasteiger partial charge in [0.15, 0.2) is 0 Å². The van der Waals surface area contributed by atoms with E-state index >= 15 is 0 Å². The number of aromatic nitrogens is 1. The summed E-state index contributed by atoms with van der Waals surface area (Å²) >= 11 is 1.66. The van der Waals surface area contributed by atoms with Gasteiger partial charge in [-0.3, -0.25) is 5.43 Å². The molecule has 0 radical (unpaired) electrons. The normalized spacial score (nSPS) is 19.8. The number of hydrogen-bond acceptors (Lipinski definition) is 4. The second-order valence-corrected chi connectivity index (χ2v) is 7.95. The first-order valence-corrected chi connectivity index (χ1v) is 8.51. The first-order chi connectivity index (χ1) is 10.0. The van der Waals surface area contributed by atoms with Crippen LogP contribution in [0.25, 0.3) is 10.2 Å². The van der Waals surface area contributed by atoms with Crippen molar-refractivity contribution in [2.45, 2.75) is 46.5 Å². The Labute approximate surface area is 130 Å². The molecule has 3 rings (SSSR count). The monoisotopic (exact) mass is 301 g/mol. The molecule has 21 heavy (non-hydrogen) atoms. The van der Waals surface area contributed by atoms with Crippen molar-refractivity contribution in [3.8, 4) is 0 Å². The fraction of sp³-hybridized carbons (Fsp3) is 0.529. The Morgan fingerprint density at radius 2 is 1.90 bits per heavy atom. The summed E-state index contributed by atoms with van der Waals surface area (Å²) in [6.07, 6.45) is 4.73. The van der Waals surface area contributed by atoms with Gasteiger partial charge < -0.3 is 0 Å². The SMILES string of the molecule is CC(C)(C)C1CCC(=NNc2nc3ccccc3s2)CC1. The van der Waals surface area contributed by atoms with E-state index in [0.29, 0.717) is 5.41 Å². The highest BCUT2D eigenvalue weighted by Crippen LogP contribution is 2.37. The van der Waals surface area contributed by atoms with Gasteiger partial charge in [-0.2, -0.15) is 5.10 Å². The van der Waals surface area contributed by atoms with E-state index in [0.717, 1.165) is 29.4 Å². The zero-order chi connectivity index (χ0) is 14.9. The van der Waals surface area contributed by atoms with Gasteiger partial charge in [0, 0.05) is 5.71 Å². The molecule has 4 heteroatoms. The lowest BCUT2D eigenvalue weighted by Gasteiger charge is -2.34. The molecule has 1 fully saturated rings. The van der Waals surface area contributed by atoms with Crippen molar-refractivity contribution in [1.29, 1.82) is 0 Å². The highest BCUT2D eigenvalue weighted by molar-refractivity contribution is 7.22. The van der Waals surface area contributed by atoms with Gasteiger partial charge in [-0.05, 0) is 49.1 Å². The first kappa shape index (κ1) is 14.5. The van der Waals surface area contributed by atoms with Crippen LogP contribution in [-0.4, -0.2) is 10.7 Å². The van der Waals surface area contributed by atoms with Gasteiger partial charge in [-0.1, -0.05) is 44.2 Å². The zero-order valence-corrected chi connectivity index (χ0v) is 13.8. The maximum atomic E-state index is 4.58. The molecule has 0 atom stereocenters. The Balaban J connectivity index is 1.62. The van der Waals surface area contributed by atoms with Gasteiger partial charge in [0.05, 0.1) is 10.2 Å². The number of nitrogens with one attached hydrogen (secondary N) is 1. The molecule has 1 aliphatic carbocycles. The van der Waals surface area contributed by atoms with E-state index in [1.54, 1.807) is 11.3 Å². The molecule has 0 amide bonds. The van der Waals surface area contributed by atoms with Crippen LogP contribution in [0.2, 0.25) is 0 Å². The van der Waals surface area contributed by atoms with Gasteiger partial charge in [-0.25, -0.2) is 4.98 Å². The summed E-state index contributed by atoms with van der Waals surface area (Å²) in [5, 5.41) is 5.47. The van der Waals surface area contributed by atoms with Gasteiger partial charge in [0.25, 0.3) is 0 Å². The van der Waals surface area contributed by atoms with Crippen LogP contribution in [0.1, 0.15) is 46.5 Å². The van der Waals surface area contributed by atoms with Crippen LogP contribution >= 0.6 is 11.3 Å². The summed E-state index contributed by atoms with van der Waals surface area (Å²) in [4.78, 5) is 4.55. The molecule has 3 nitrogen and oxygen atoms in total. The van der Waals surface area contributed by atoms with E-state index in [9.17, 15) is 0 Å². The smallest absolute Gasteiger partial charge is 0.204 e. The van der Waals surface area contributed by atoms with Crippen LogP contribution in [0.3, 0.4) is 0 Å². The number of anilines is 1. The molecule has 0 aliphatic heterocycles. The third-order valence-electron chi connectivity index (χ3n) is 4.39. The maximum absolute atomic E-state index is 4.58. The van der Waals surface area contributed by atoms with Crippen molar-refractivity contribution in [1.82, 2.24) is 4.98 Å². The highest BCUT2D eigenvalue weighted by Gasteiger charge is 2.28. The molecule has 0 bridgehead atoms. The number of hydrazone groups is 1. The van der Waals surface area contributed by atoms with Gasteiger partial charge >= 0.3 is 0 Å². The summed E-state index contributed by atoms with van der Waals surface area (Å²) < 4.78 is 1.21. The molecule has 0 unspecified atom stereocenters. The molecular formula is C17H23N3S. The molecule has 1 aromatic heterocycles. The Morgan fingerprint density at radius 1 is 1.19 bits per heavy atom. The van der Waals surface area contributed by atoms with Crippen molar-refractivity contribution < 1.29 is 0 Å². The topological polar surface area (TPSA) is 37.3 Å². The number of fused-ring (bicyclic) bond motifs is 1. The van der Waals surface area contributed by atoms with Gasteiger partial charge in [-0.15, -0.1) is 0 Å². The third kappa shape index (κ3) is 3.43. The lowest BCUT2D eigenvalue weighted by molar-refractivity contribution is 0.208. The summed E-state index contributed by atoms with van der Waals surface area (Å²) in [5.74, 6) is 0.818. The van der Waals surface area contributed by atoms with E-state index in [1.807, 2.05) is 18.2 Å². The Hall–Kier alpha value is -1.42. The van der Waals surface area contributed by atoms with Gasteiger partial charge in [0.2, 0.25) is 5.13 Å². The molecule has 1 aromatic carbocycles. The lowest BCUT2D eigenvalue weighted by atomic mass is 9.72. The fourth-order valence-corrected chi connectivity index (χ4v) is 3.78. The molecule has 0 saturated heterocycles. The van der Waals surface area contributed by atoms with Crippen LogP contribution in [0, 0.1) is 11.3 Å². The second kappa shape index (κ2) is 5.76. The van der Waals surface area contributed by atoms with Crippen LogP contribution < -0.4 is 5.43 Å². The average Bonchev–Trinajstić information content (AvgIpc) is 2.87. The molecule has 1 N–H and O–H groups in total. The van der Waals surface area contributed by atoms with E-state index in [-0.39, 0.29) is 0 Å². The van der Waals surface area contributed by atoms with Crippen molar-refractivity contribution in [3.63, 3.8) is 0 Å². The average molecular weight is 301 g/mol. The number of nitrogens with zero attached hydrogens (tertiary/aromatic N) is 2. The van der Waals surface area contributed by atoms with Crippen LogP contribution in [0.4, 0.5) is 5.13 Å². The number of benzene rings is 1. The van der Waals surface area contributed by atoms with E-state index in [4.69, 9.17) is 0 Å². The van der Waals surface area contributed by atoms with E-state index in [2.05, 4.69) is 42.3 Å².